The Balaban J connectivity index is 1.57. The smallest absolute Gasteiger partial charge is 0.242 e. The highest BCUT2D eigenvalue weighted by Gasteiger charge is 2.26. The van der Waals surface area contributed by atoms with Gasteiger partial charge in [-0.25, -0.2) is 8.42 Å². The molecule has 1 saturated heterocycles. The van der Waals surface area contributed by atoms with Gasteiger partial charge in [-0.2, -0.15) is 0 Å². The first-order valence-electron chi connectivity index (χ1n) is 11.7. The Labute approximate surface area is 200 Å². The standard InChI is InChI=1S/C26H31N3O4S/c1-19-11-12-20(2)22(15-19)27-25(30)18-34(32,33)24-16-29(23-10-6-5-9-21(23)24)17-26(31)28-13-7-3-4-8-14-28/h5-6,9-12,15-16H,3-4,7-8,13-14,17-18H2,1-2H3,(H,27,30). The van der Waals surface area contributed by atoms with Crippen molar-refractivity contribution in [3.05, 3.63) is 59.8 Å². The first kappa shape index (κ1) is 24.0. The lowest BCUT2D eigenvalue weighted by Crippen LogP contribution is -2.34. The van der Waals surface area contributed by atoms with Crippen molar-refractivity contribution in [3.8, 4) is 0 Å². The van der Waals surface area contributed by atoms with Crippen LogP contribution < -0.4 is 5.32 Å². The molecule has 1 aromatic heterocycles. The molecule has 0 saturated carbocycles. The maximum absolute atomic E-state index is 13.3. The lowest BCUT2D eigenvalue weighted by Gasteiger charge is -2.20. The summed E-state index contributed by atoms with van der Waals surface area (Å²) in [5, 5.41) is 3.25. The van der Waals surface area contributed by atoms with Gasteiger partial charge in [0.2, 0.25) is 11.8 Å². The Kier molecular flexibility index (Phi) is 7.07. The van der Waals surface area contributed by atoms with Gasteiger partial charge in [0.25, 0.3) is 0 Å². The van der Waals surface area contributed by atoms with E-state index in [0.29, 0.717) is 16.6 Å². The van der Waals surface area contributed by atoms with Crippen molar-refractivity contribution in [1.29, 1.82) is 0 Å². The van der Waals surface area contributed by atoms with E-state index in [1.165, 1.54) is 6.20 Å². The van der Waals surface area contributed by atoms with Crippen LogP contribution in [0.25, 0.3) is 10.9 Å². The van der Waals surface area contributed by atoms with E-state index in [2.05, 4.69) is 5.32 Å². The van der Waals surface area contributed by atoms with Gasteiger partial charge < -0.3 is 14.8 Å². The fourth-order valence-corrected chi connectivity index (χ4v) is 5.83. The predicted octanol–water partition coefficient (Wildman–Crippen LogP) is 4.07. The van der Waals surface area contributed by atoms with E-state index >= 15 is 0 Å². The zero-order valence-electron chi connectivity index (χ0n) is 19.7. The van der Waals surface area contributed by atoms with Crippen LogP contribution >= 0.6 is 0 Å². The molecule has 0 bridgehead atoms. The molecule has 2 amide bonds. The summed E-state index contributed by atoms with van der Waals surface area (Å²) < 4.78 is 28.2. The zero-order valence-corrected chi connectivity index (χ0v) is 20.5. The minimum absolute atomic E-state index is 0.0146. The van der Waals surface area contributed by atoms with E-state index in [0.717, 1.165) is 49.9 Å². The maximum atomic E-state index is 13.3. The molecule has 2 aromatic carbocycles. The van der Waals surface area contributed by atoms with Crippen LogP contribution in [0, 0.1) is 13.8 Å². The van der Waals surface area contributed by atoms with Gasteiger partial charge in [-0.1, -0.05) is 43.2 Å². The number of para-hydroxylation sites is 1. The van der Waals surface area contributed by atoms with Crippen molar-refractivity contribution >= 4 is 38.2 Å². The Hall–Kier alpha value is -3.13. The largest absolute Gasteiger partial charge is 0.341 e. The quantitative estimate of drug-likeness (QED) is 0.575. The molecule has 0 unspecified atom stereocenters. The number of carbonyl (C=O) groups is 2. The van der Waals surface area contributed by atoms with Gasteiger partial charge >= 0.3 is 0 Å². The normalized spacial score (nSPS) is 14.7. The second kappa shape index (κ2) is 10.0. The average molecular weight is 482 g/mol. The van der Waals surface area contributed by atoms with Crippen LogP contribution in [0.5, 0.6) is 0 Å². The molecular weight excluding hydrogens is 450 g/mol. The molecule has 7 nitrogen and oxygen atoms in total. The van der Waals surface area contributed by atoms with Crippen LogP contribution in [0.4, 0.5) is 5.69 Å². The zero-order chi connectivity index (χ0) is 24.3. The van der Waals surface area contributed by atoms with Crippen LogP contribution in [-0.4, -0.2) is 48.5 Å². The number of nitrogens with one attached hydrogen (secondary N) is 1. The number of amides is 2. The number of aromatic nitrogens is 1. The molecule has 0 radical (unpaired) electrons. The topological polar surface area (TPSA) is 88.5 Å². The van der Waals surface area contributed by atoms with Crippen molar-refractivity contribution < 1.29 is 18.0 Å². The maximum Gasteiger partial charge on any atom is 0.242 e. The summed E-state index contributed by atoms with van der Waals surface area (Å²) in [5.41, 5.74) is 3.10. The molecule has 4 rings (SSSR count). The highest BCUT2D eigenvalue weighted by Crippen LogP contribution is 2.27. The number of aryl methyl sites for hydroxylation is 2. The monoisotopic (exact) mass is 481 g/mol. The Morgan fingerprint density at radius 3 is 2.41 bits per heavy atom. The number of rotatable bonds is 6. The average Bonchev–Trinajstić information content (AvgIpc) is 2.96. The summed E-state index contributed by atoms with van der Waals surface area (Å²) in [6, 6.07) is 12.7. The molecule has 3 aromatic rings. The summed E-state index contributed by atoms with van der Waals surface area (Å²) >= 11 is 0. The summed E-state index contributed by atoms with van der Waals surface area (Å²) in [5.74, 6) is -1.28. The lowest BCUT2D eigenvalue weighted by molar-refractivity contribution is -0.131. The fraction of sp³-hybridized carbons (Fsp3) is 0.385. The second-order valence-electron chi connectivity index (χ2n) is 9.06. The van der Waals surface area contributed by atoms with E-state index < -0.39 is 21.5 Å². The highest BCUT2D eigenvalue weighted by atomic mass is 32.2. The number of benzene rings is 2. The van der Waals surface area contributed by atoms with Gasteiger partial charge in [-0.15, -0.1) is 0 Å². The molecule has 0 spiro atoms. The van der Waals surface area contributed by atoms with Gasteiger partial charge in [0.1, 0.15) is 12.3 Å². The summed E-state index contributed by atoms with van der Waals surface area (Å²) in [6.45, 7) is 5.32. The molecule has 1 aliphatic rings. The van der Waals surface area contributed by atoms with Crippen molar-refractivity contribution in [1.82, 2.24) is 9.47 Å². The van der Waals surface area contributed by atoms with E-state index in [-0.39, 0.29) is 17.3 Å². The number of fused-ring (bicyclic) bond motifs is 1. The van der Waals surface area contributed by atoms with Crippen LogP contribution in [0.15, 0.2) is 53.6 Å². The van der Waals surface area contributed by atoms with Crippen LogP contribution in [0.2, 0.25) is 0 Å². The molecule has 180 valence electrons. The van der Waals surface area contributed by atoms with Gasteiger partial charge in [0.15, 0.2) is 9.84 Å². The number of likely N-dealkylation sites (tertiary alicyclic amines) is 1. The minimum Gasteiger partial charge on any atom is -0.341 e. The first-order chi connectivity index (χ1) is 16.2. The van der Waals surface area contributed by atoms with Gasteiger partial charge in [-0.05, 0) is 49.9 Å². The molecule has 1 N–H and O–H groups in total. The van der Waals surface area contributed by atoms with E-state index in [9.17, 15) is 18.0 Å². The lowest BCUT2D eigenvalue weighted by atomic mass is 10.1. The summed E-state index contributed by atoms with van der Waals surface area (Å²) in [4.78, 5) is 27.6. The third-order valence-electron chi connectivity index (χ3n) is 6.34. The Morgan fingerprint density at radius 2 is 1.68 bits per heavy atom. The van der Waals surface area contributed by atoms with Gasteiger partial charge in [0, 0.05) is 35.9 Å². The molecule has 8 heteroatoms. The van der Waals surface area contributed by atoms with Crippen molar-refractivity contribution in [2.24, 2.45) is 0 Å². The van der Waals surface area contributed by atoms with E-state index in [1.54, 1.807) is 22.8 Å². The molecule has 34 heavy (non-hydrogen) atoms. The van der Waals surface area contributed by atoms with Crippen LogP contribution in [0.3, 0.4) is 0 Å². The number of carbonyl (C=O) groups excluding carboxylic acids is 2. The van der Waals surface area contributed by atoms with Crippen molar-refractivity contribution in [3.63, 3.8) is 0 Å². The number of anilines is 1. The molecule has 1 aliphatic heterocycles. The number of hydrogen-bond donors (Lipinski definition) is 1. The first-order valence-corrected chi connectivity index (χ1v) is 13.4. The summed E-state index contributed by atoms with van der Waals surface area (Å²) in [6.07, 6.45) is 5.74. The third kappa shape index (κ3) is 5.33. The second-order valence-corrected chi connectivity index (χ2v) is 11.0. The number of nitrogens with zero attached hydrogens (tertiary/aromatic N) is 2. The predicted molar refractivity (Wildman–Crippen MR) is 134 cm³/mol. The van der Waals surface area contributed by atoms with Crippen LogP contribution in [-0.2, 0) is 26.0 Å². The van der Waals surface area contributed by atoms with Gasteiger partial charge in [-0.3, -0.25) is 9.59 Å². The summed E-state index contributed by atoms with van der Waals surface area (Å²) in [7, 11) is -3.93. The third-order valence-corrected chi connectivity index (χ3v) is 7.98. The SMILES string of the molecule is Cc1ccc(C)c(NC(=O)CS(=O)(=O)c2cn(CC(=O)N3CCCCCC3)c3ccccc23)c1. The number of hydrogen-bond acceptors (Lipinski definition) is 4. The number of sulfone groups is 1. The van der Waals surface area contributed by atoms with E-state index in [4.69, 9.17) is 0 Å². The van der Waals surface area contributed by atoms with Gasteiger partial charge in [0.05, 0.1) is 4.90 Å². The highest BCUT2D eigenvalue weighted by molar-refractivity contribution is 7.92. The minimum atomic E-state index is -3.93. The molecule has 1 fully saturated rings. The van der Waals surface area contributed by atoms with E-state index in [1.807, 2.05) is 43.0 Å². The van der Waals surface area contributed by atoms with Crippen molar-refractivity contribution in [2.75, 3.05) is 24.2 Å². The molecule has 0 atom stereocenters. The fourth-order valence-electron chi connectivity index (χ4n) is 4.46. The van der Waals surface area contributed by atoms with Crippen LogP contribution in [0.1, 0.15) is 36.8 Å². The molecule has 2 heterocycles. The molecule has 0 aliphatic carbocycles. The van der Waals surface area contributed by atoms with Crippen molar-refractivity contribution in [2.45, 2.75) is 51.0 Å². The molecular formula is C26H31N3O4S. The Bertz CT molecular complexity index is 1320. The Morgan fingerprint density at radius 1 is 0.971 bits per heavy atom.